The lowest BCUT2D eigenvalue weighted by Crippen LogP contribution is -2.41. The second-order valence-corrected chi connectivity index (χ2v) is 12.6. The van der Waals surface area contributed by atoms with Crippen molar-refractivity contribution in [2.45, 2.75) is 76.6 Å². The number of hydrogen-bond acceptors (Lipinski definition) is 6. The van der Waals surface area contributed by atoms with Crippen molar-refractivity contribution in [2.24, 2.45) is 5.92 Å². The minimum absolute atomic E-state index is 0.0148. The Morgan fingerprint density at radius 1 is 1.19 bits per heavy atom. The Bertz CT molecular complexity index is 922. The van der Waals surface area contributed by atoms with Crippen LogP contribution in [0, 0.1) is 5.92 Å². The number of ether oxygens (including phenoxy) is 1. The van der Waals surface area contributed by atoms with E-state index >= 15 is 0 Å². The molecule has 7 nitrogen and oxygen atoms in total. The number of likely N-dealkylation sites (tertiary alicyclic amines) is 1. The van der Waals surface area contributed by atoms with E-state index in [1.807, 2.05) is 54.5 Å². The molecule has 2 heterocycles. The van der Waals surface area contributed by atoms with E-state index in [1.54, 1.807) is 23.1 Å². The molecule has 1 amide bonds. The molecule has 2 saturated heterocycles. The fraction of sp³-hybridized carbons (Fsp3) is 0.682. The van der Waals surface area contributed by atoms with Gasteiger partial charge >= 0.3 is 13.2 Å². The number of hydrogen-bond donors (Lipinski definition) is 0. The molecule has 0 radical (unpaired) electrons. The van der Waals surface area contributed by atoms with Gasteiger partial charge in [-0.3, -0.25) is 0 Å². The van der Waals surface area contributed by atoms with E-state index in [9.17, 15) is 13.2 Å². The molecule has 1 unspecified atom stereocenters. The van der Waals surface area contributed by atoms with Crippen molar-refractivity contribution in [2.75, 3.05) is 18.8 Å². The first-order chi connectivity index (χ1) is 14.1. The van der Waals surface area contributed by atoms with E-state index in [1.165, 1.54) is 0 Å². The number of sulfone groups is 1. The van der Waals surface area contributed by atoms with Crippen LogP contribution in [-0.4, -0.2) is 62.2 Å². The third-order valence-electron chi connectivity index (χ3n) is 6.14. The highest BCUT2D eigenvalue weighted by Crippen LogP contribution is 2.36. The average Bonchev–Trinajstić information content (AvgIpc) is 3.15. The molecular weight excluding hydrogens is 417 g/mol. The van der Waals surface area contributed by atoms with Gasteiger partial charge in [0.05, 0.1) is 21.9 Å². The molecule has 1 aromatic carbocycles. The second kappa shape index (κ2) is 8.08. The van der Waals surface area contributed by atoms with Gasteiger partial charge < -0.3 is 18.9 Å². The average molecular weight is 451 g/mol. The lowest BCUT2D eigenvalue weighted by atomic mass is 9.79. The van der Waals surface area contributed by atoms with Crippen molar-refractivity contribution in [3.8, 4) is 0 Å². The van der Waals surface area contributed by atoms with Crippen LogP contribution >= 0.6 is 0 Å². The fourth-order valence-electron chi connectivity index (χ4n) is 3.70. The van der Waals surface area contributed by atoms with Crippen LogP contribution in [0.1, 0.15) is 54.9 Å². The summed E-state index contributed by atoms with van der Waals surface area (Å²) in [4.78, 5) is 14.1. The monoisotopic (exact) mass is 451 g/mol. The number of carbonyl (C=O) groups is 1. The van der Waals surface area contributed by atoms with Gasteiger partial charge in [-0.2, -0.15) is 0 Å². The van der Waals surface area contributed by atoms with E-state index in [0.29, 0.717) is 25.0 Å². The zero-order chi connectivity index (χ0) is 23.2. The highest BCUT2D eigenvalue weighted by molar-refractivity contribution is 7.91. The maximum atomic E-state index is 13.1. The van der Waals surface area contributed by atoms with Crippen molar-refractivity contribution < 1.29 is 27.3 Å². The van der Waals surface area contributed by atoms with E-state index in [-0.39, 0.29) is 16.6 Å². The van der Waals surface area contributed by atoms with E-state index in [0.717, 1.165) is 0 Å². The molecule has 0 saturated carbocycles. The lowest BCUT2D eigenvalue weighted by Gasteiger charge is -2.32. The number of amides is 1. The number of benzene rings is 1. The van der Waals surface area contributed by atoms with Gasteiger partial charge in [0.2, 0.25) is 0 Å². The molecule has 2 aliphatic rings. The molecular formula is C22H34BNO6S. The van der Waals surface area contributed by atoms with Crippen LogP contribution in [0.5, 0.6) is 0 Å². The first-order valence-corrected chi connectivity index (χ1v) is 12.4. The fourth-order valence-corrected chi connectivity index (χ4v) is 5.39. The SMILES string of the molecule is CC(C)(C)OC(=O)N1CCC(CS(=O)(=O)c2cccc(B3OC(C)(C)C(C)(C)O3)c2)C1. The molecule has 1 aromatic rings. The third kappa shape index (κ3) is 5.44. The predicted octanol–water partition coefficient (Wildman–Crippen LogP) is 3.02. The molecule has 9 heteroatoms. The van der Waals surface area contributed by atoms with Crippen LogP contribution < -0.4 is 5.46 Å². The van der Waals surface area contributed by atoms with Gasteiger partial charge in [-0.15, -0.1) is 0 Å². The number of rotatable bonds is 4. The Kier molecular flexibility index (Phi) is 6.28. The highest BCUT2D eigenvalue weighted by Gasteiger charge is 2.51. The summed E-state index contributed by atoms with van der Waals surface area (Å²) in [7, 11) is -4.14. The Hall–Kier alpha value is -1.58. The molecule has 0 N–H and O–H groups in total. The van der Waals surface area contributed by atoms with E-state index in [4.69, 9.17) is 14.0 Å². The molecule has 0 aromatic heterocycles. The molecule has 1 atom stereocenters. The van der Waals surface area contributed by atoms with Crippen LogP contribution in [0.4, 0.5) is 4.79 Å². The van der Waals surface area contributed by atoms with Crippen molar-refractivity contribution in [3.05, 3.63) is 24.3 Å². The third-order valence-corrected chi connectivity index (χ3v) is 8.02. The normalized spacial score (nSPS) is 23.3. The quantitative estimate of drug-likeness (QED) is 0.655. The van der Waals surface area contributed by atoms with Crippen LogP contribution in [-0.2, 0) is 23.9 Å². The van der Waals surface area contributed by atoms with Gasteiger partial charge in [-0.05, 0) is 78.4 Å². The van der Waals surface area contributed by atoms with Crippen molar-refractivity contribution in [1.29, 1.82) is 0 Å². The summed E-state index contributed by atoms with van der Waals surface area (Å²) in [5.41, 5.74) is -0.889. The Morgan fingerprint density at radius 3 is 2.39 bits per heavy atom. The first kappa shape index (κ1) is 24.1. The smallest absolute Gasteiger partial charge is 0.444 e. The minimum Gasteiger partial charge on any atom is -0.444 e. The standard InChI is InChI=1S/C22H34BNO6S/c1-20(2,3)28-19(25)24-12-11-16(14-24)15-31(26,27)18-10-8-9-17(13-18)23-29-21(4,5)22(6,7)30-23/h8-10,13,16H,11-12,14-15H2,1-7H3. The van der Waals surface area contributed by atoms with Gasteiger partial charge in [0.1, 0.15) is 5.60 Å². The number of carbonyl (C=O) groups excluding carboxylic acids is 1. The van der Waals surface area contributed by atoms with Crippen molar-refractivity contribution >= 4 is 28.5 Å². The molecule has 0 aliphatic carbocycles. The van der Waals surface area contributed by atoms with Gasteiger partial charge in [0.15, 0.2) is 9.84 Å². The summed E-state index contributed by atoms with van der Waals surface area (Å²) in [5.74, 6) is -0.142. The summed E-state index contributed by atoms with van der Waals surface area (Å²) in [5, 5.41) is 0. The van der Waals surface area contributed by atoms with Gasteiger partial charge in [-0.1, -0.05) is 12.1 Å². The first-order valence-electron chi connectivity index (χ1n) is 10.8. The molecule has 2 fully saturated rings. The molecule has 31 heavy (non-hydrogen) atoms. The molecule has 0 bridgehead atoms. The summed E-state index contributed by atoms with van der Waals surface area (Å²) in [6.45, 7) is 14.2. The summed E-state index contributed by atoms with van der Waals surface area (Å²) >= 11 is 0. The lowest BCUT2D eigenvalue weighted by molar-refractivity contribution is 0.00578. The summed E-state index contributed by atoms with van der Waals surface area (Å²) in [6, 6.07) is 6.78. The van der Waals surface area contributed by atoms with Crippen molar-refractivity contribution in [3.63, 3.8) is 0 Å². The van der Waals surface area contributed by atoms with Crippen LogP contribution in [0.3, 0.4) is 0 Å². The summed E-state index contributed by atoms with van der Waals surface area (Å²) < 4.78 is 43.7. The van der Waals surface area contributed by atoms with Gasteiger partial charge in [0, 0.05) is 13.1 Å². The molecule has 3 rings (SSSR count). The Morgan fingerprint density at radius 2 is 1.81 bits per heavy atom. The maximum Gasteiger partial charge on any atom is 0.494 e. The van der Waals surface area contributed by atoms with E-state index < -0.39 is 39.9 Å². The zero-order valence-electron chi connectivity index (χ0n) is 19.6. The van der Waals surface area contributed by atoms with Crippen LogP contribution in [0.2, 0.25) is 0 Å². The van der Waals surface area contributed by atoms with E-state index in [2.05, 4.69) is 0 Å². The van der Waals surface area contributed by atoms with Gasteiger partial charge in [-0.25, -0.2) is 13.2 Å². The largest absolute Gasteiger partial charge is 0.494 e. The van der Waals surface area contributed by atoms with Crippen molar-refractivity contribution in [1.82, 2.24) is 4.90 Å². The Balaban J connectivity index is 1.68. The second-order valence-electron chi connectivity index (χ2n) is 10.5. The van der Waals surface area contributed by atoms with Crippen LogP contribution in [0.25, 0.3) is 0 Å². The molecule has 0 spiro atoms. The summed E-state index contributed by atoms with van der Waals surface area (Å²) in [6.07, 6.45) is 0.241. The minimum atomic E-state index is -3.53. The topological polar surface area (TPSA) is 82.1 Å². The van der Waals surface area contributed by atoms with Gasteiger partial charge in [0.25, 0.3) is 0 Å². The molecule has 172 valence electrons. The Labute approximate surface area is 186 Å². The predicted molar refractivity (Wildman–Crippen MR) is 120 cm³/mol. The van der Waals surface area contributed by atoms with Crippen LogP contribution in [0.15, 0.2) is 29.2 Å². The molecule has 2 aliphatic heterocycles. The number of nitrogens with zero attached hydrogens (tertiary/aromatic N) is 1. The zero-order valence-corrected chi connectivity index (χ0v) is 20.4. The maximum absolute atomic E-state index is 13.1. The highest BCUT2D eigenvalue weighted by atomic mass is 32.2.